The highest BCUT2D eigenvalue weighted by atomic mass is 16.5. The number of nitrogens with one attached hydrogen (secondary N) is 1. The topological polar surface area (TPSA) is 30.5 Å². The van der Waals surface area contributed by atoms with Crippen molar-refractivity contribution < 1.29 is 9.47 Å². The Balaban J connectivity index is 1.66. The lowest BCUT2D eigenvalue weighted by atomic mass is 9.90. The molecule has 1 saturated carbocycles. The molecule has 1 heterocycles. The van der Waals surface area contributed by atoms with E-state index >= 15 is 0 Å². The zero-order chi connectivity index (χ0) is 14.7. The Kier molecular flexibility index (Phi) is 4.51. The van der Waals surface area contributed by atoms with E-state index < -0.39 is 0 Å². The highest BCUT2D eigenvalue weighted by Crippen LogP contribution is 2.41. The van der Waals surface area contributed by atoms with Gasteiger partial charge in [-0.25, -0.2) is 0 Å². The summed E-state index contributed by atoms with van der Waals surface area (Å²) in [6.45, 7) is 3.01. The largest absolute Gasteiger partial charge is 0.490 e. The molecule has 0 amide bonds. The second-order valence-electron chi connectivity index (χ2n) is 6.55. The zero-order valence-corrected chi connectivity index (χ0v) is 13.2. The number of hydrogen-bond acceptors (Lipinski definition) is 3. The van der Waals surface area contributed by atoms with Crippen molar-refractivity contribution in [1.29, 1.82) is 0 Å². The average molecular weight is 289 g/mol. The predicted molar refractivity (Wildman–Crippen MR) is 84.7 cm³/mol. The quantitative estimate of drug-likeness (QED) is 0.913. The number of hydrogen-bond donors (Lipinski definition) is 1. The monoisotopic (exact) mass is 289 g/mol. The van der Waals surface area contributed by atoms with Crippen molar-refractivity contribution in [2.75, 3.05) is 13.7 Å². The summed E-state index contributed by atoms with van der Waals surface area (Å²) in [6.07, 6.45) is 7.40. The van der Waals surface area contributed by atoms with E-state index in [4.69, 9.17) is 9.47 Å². The molecule has 1 saturated heterocycles. The van der Waals surface area contributed by atoms with E-state index in [1.54, 1.807) is 0 Å². The van der Waals surface area contributed by atoms with Crippen LogP contribution in [0.15, 0.2) is 24.3 Å². The molecule has 2 atom stereocenters. The third-order valence-corrected chi connectivity index (χ3v) is 5.06. The van der Waals surface area contributed by atoms with E-state index in [1.807, 2.05) is 7.05 Å². The van der Waals surface area contributed by atoms with Gasteiger partial charge in [0.05, 0.1) is 12.2 Å². The van der Waals surface area contributed by atoms with Crippen molar-refractivity contribution in [3.8, 4) is 5.75 Å². The molecule has 3 rings (SSSR count). The van der Waals surface area contributed by atoms with Crippen LogP contribution in [0.3, 0.4) is 0 Å². The first-order valence-electron chi connectivity index (χ1n) is 8.29. The fraction of sp³-hybridized carbons (Fsp3) is 0.667. The molecule has 1 aromatic rings. The van der Waals surface area contributed by atoms with E-state index in [1.165, 1.54) is 31.2 Å². The molecule has 0 radical (unpaired) electrons. The van der Waals surface area contributed by atoms with Gasteiger partial charge in [-0.1, -0.05) is 25.0 Å². The Morgan fingerprint density at radius 1 is 1.33 bits per heavy atom. The first-order valence-corrected chi connectivity index (χ1v) is 8.29. The van der Waals surface area contributed by atoms with E-state index in [-0.39, 0.29) is 5.60 Å². The zero-order valence-electron chi connectivity index (χ0n) is 13.2. The minimum absolute atomic E-state index is 0.124. The number of benzene rings is 1. The smallest absolute Gasteiger partial charge is 0.120 e. The van der Waals surface area contributed by atoms with Crippen LogP contribution in [0.1, 0.15) is 57.1 Å². The van der Waals surface area contributed by atoms with Crippen molar-refractivity contribution >= 4 is 0 Å². The lowest BCUT2D eigenvalue weighted by Crippen LogP contribution is -2.41. The number of rotatable bonds is 4. The Bertz CT molecular complexity index is 468. The summed E-state index contributed by atoms with van der Waals surface area (Å²) >= 11 is 0. The maximum absolute atomic E-state index is 6.27. The van der Waals surface area contributed by atoms with Gasteiger partial charge in [0, 0.05) is 18.9 Å². The van der Waals surface area contributed by atoms with Gasteiger partial charge < -0.3 is 14.8 Å². The summed E-state index contributed by atoms with van der Waals surface area (Å²) in [7, 11) is 1.99. The van der Waals surface area contributed by atoms with Crippen LogP contribution in [0.25, 0.3) is 0 Å². The molecule has 1 N–H and O–H groups in total. The van der Waals surface area contributed by atoms with E-state index in [9.17, 15) is 0 Å². The Hall–Kier alpha value is -1.06. The van der Waals surface area contributed by atoms with Crippen LogP contribution >= 0.6 is 0 Å². The summed E-state index contributed by atoms with van der Waals surface area (Å²) < 4.78 is 12.4. The minimum atomic E-state index is 0.124. The molecule has 116 valence electrons. The van der Waals surface area contributed by atoms with E-state index in [0.717, 1.165) is 25.2 Å². The van der Waals surface area contributed by atoms with Crippen LogP contribution < -0.4 is 10.1 Å². The van der Waals surface area contributed by atoms with Gasteiger partial charge in [0.25, 0.3) is 0 Å². The van der Waals surface area contributed by atoms with Crippen LogP contribution in [0, 0.1) is 0 Å². The third-order valence-electron chi connectivity index (χ3n) is 5.06. The molecule has 21 heavy (non-hydrogen) atoms. The second-order valence-corrected chi connectivity index (χ2v) is 6.55. The van der Waals surface area contributed by atoms with Crippen molar-refractivity contribution in [3.63, 3.8) is 0 Å². The Morgan fingerprint density at radius 2 is 2.14 bits per heavy atom. The minimum Gasteiger partial charge on any atom is -0.490 e. The highest BCUT2D eigenvalue weighted by molar-refractivity contribution is 5.30. The van der Waals surface area contributed by atoms with Crippen molar-refractivity contribution in [3.05, 3.63) is 29.8 Å². The first kappa shape index (κ1) is 14.9. The summed E-state index contributed by atoms with van der Waals surface area (Å²) in [5.74, 6) is 0.995. The standard InChI is InChI=1S/C18H27NO2/c1-14(19-2)15-6-5-7-16(12-15)21-17-8-11-20-18(13-17)9-3-4-10-18/h5-7,12,14,17,19H,3-4,8-11,13H2,1-2H3. The third kappa shape index (κ3) is 3.41. The van der Waals surface area contributed by atoms with Gasteiger partial charge in [-0.15, -0.1) is 0 Å². The molecule has 1 aliphatic carbocycles. The molecule has 3 nitrogen and oxygen atoms in total. The van der Waals surface area contributed by atoms with Crippen LogP contribution in [-0.2, 0) is 4.74 Å². The van der Waals surface area contributed by atoms with Crippen LogP contribution in [0.4, 0.5) is 0 Å². The van der Waals surface area contributed by atoms with Gasteiger partial charge in [0.1, 0.15) is 11.9 Å². The van der Waals surface area contributed by atoms with Crippen molar-refractivity contribution in [2.45, 2.75) is 63.2 Å². The summed E-state index contributed by atoms with van der Waals surface area (Å²) in [5, 5.41) is 3.28. The van der Waals surface area contributed by atoms with Gasteiger partial charge in [-0.05, 0) is 44.5 Å². The van der Waals surface area contributed by atoms with Crippen LogP contribution in [0.2, 0.25) is 0 Å². The van der Waals surface area contributed by atoms with Crippen molar-refractivity contribution in [1.82, 2.24) is 5.32 Å². The highest BCUT2D eigenvalue weighted by Gasteiger charge is 2.40. The molecular formula is C18H27NO2. The lowest BCUT2D eigenvalue weighted by molar-refractivity contribution is -0.108. The maximum Gasteiger partial charge on any atom is 0.120 e. The normalized spacial score (nSPS) is 25.9. The average Bonchev–Trinajstić information content (AvgIpc) is 2.94. The molecule has 2 aliphatic rings. The molecular weight excluding hydrogens is 262 g/mol. The molecule has 1 aromatic carbocycles. The first-order chi connectivity index (χ1) is 10.2. The SMILES string of the molecule is CNC(C)c1cccc(OC2CCOC3(CCCC3)C2)c1. The van der Waals surface area contributed by atoms with Gasteiger partial charge in [-0.2, -0.15) is 0 Å². The molecule has 1 aliphatic heterocycles. The molecule has 2 unspecified atom stereocenters. The van der Waals surface area contributed by atoms with Crippen LogP contribution in [0.5, 0.6) is 5.75 Å². The Labute approximate surface area is 128 Å². The summed E-state index contributed by atoms with van der Waals surface area (Å²) in [5.41, 5.74) is 1.40. The number of ether oxygens (including phenoxy) is 2. The maximum atomic E-state index is 6.27. The van der Waals surface area contributed by atoms with E-state index in [2.05, 4.69) is 36.5 Å². The van der Waals surface area contributed by atoms with E-state index in [0.29, 0.717) is 12.1 Å². The molecule has 0 aromatic heterocycles. The lowest BCUT2D eigenvalue weighted by Gasteiger charge is -2.38. The molecule has 2 fully saturated rings. The second kappa shape index (κ2) is 6.37. The molecule has 1 spiro atoms. The summed E-state index contributed by atoms with van der Waals surface area (Å²) in [6, 6.07) is 8.82. The van der Waals surface area contributed by atoms with Gasteiger partial charge in [0.15, 0.2) is 0 Å². The van der Waals surface area contributed by atoms with Gasteiger partial charge >= 0.3 is 0 Å². The fourth-order valence-corrected chi connectivity index (χ4v) is 3.67. The molecule has 0 bridgehead atoms. The van der Waals surface area contributed by atoms with Crippen LogP contribution in [-0.4, -0.2) is 25.4 Å². The van der Waals surface area contributed by atoms with Crippen molar-refractivity contribution in [2.24, 2.45) is 0 Å². The predicted octanol–water partition coefficient (Wildman–Crippen LogP) is 3.84. The fourth-order valence-electron chi connectivity index (χ4n) is 3.67. The summed E-state index contributed by atoms with van der Waals surface area (Å²) in [4.78, 5) is 0. The molecule has 3 heteroatoms. The van der Waals surface area contributed by atoms with Gasteiger partial charge in [0.2, 0.25) is 0 Å². The van der Waals surface area contributed by atoms with Gasteiger partial charge in [-0.3, -0.25) is 0 Å². The Morgan fingerprint density at radius 3 is 2.90 bits per heavy atom.